The van der Waals surface area contributed by atoms with E-state index in [1.54, 1.807) is 48.5 Å². The standard InChI is InChI=1S/C27H26O9/c1-31-21-7-3-5-9-23(21)33-15-19-20(16-34-26(19)30)27(35-24-10-6-4-8-22(24)32-2)36-25(29)17-11-13-18(28)14-12-17/h3-14,19-20,27-28H,15-16H2,1-2H3/t19-,20+,27-/m0/s1. The molecular weight excluding hydrogens is 468 g/mol. The number of para-hydroxylation sites is 4. The Morgan fingerprint density at radius 1 is 0.917 bits per heavy atom. The number of carbonyl (C=O) groups excluding carboxylic acids is 2. The first-order valence-electron chi connectivity index (χ1n) is 11.2. The van der Waals surface area contributed by atoms with Crippen molar-refractivity contribution in [1.29, 1.82) is 0 Å². The molecule has 0 unspecified atom stereocenters. The van der Waals surface area contributed by atoms with Crippen LogP contribution in [-0.2, 0) is 14.3 Å². The molecule has 9 nitrogen and oxygen atoms in total. The van der Waals surface area contributed by atoms with Gasteiger partial charge in [-0.3, -0.25) is 4.79 Å². The third kappa shape index (κ3) is 5.63. The molecule has 0 saturated carbocycles. The van der Waals surface area contributed by atoms with Crippen molar-refractivity contribution in [2.75, 3.05) is 27.4 Å². The third-order valence-corrected chi connectivity index (χ3v) is 5.71. The number of phenolic OH excluding ortho intramolecular Hbond substituents is 1. The normalized spacial score (nSPS) is 17.6. The van der Waals surface area contributed by atoms with Crippen LogP contribution >= 0.6 is 0 Å². The van der Waals surface area contributed by atoms with Gasteiger partial charge in [0.2, 0.25) is 0 Å². The lowest BCUT2D eigenvalue weighted by Crippen LogP contribution is -2.39. The molecular formula is C27H26O9. The Labute approximate surface area is 208 Å². The highest BCUT2D eigenvalue weighted by atomic mass is 16.7. The zero-order valence-electron chi connectivity index (χ0n) is 19.8. The van der Waals surface area contributed by atoms with E-state index >= 15 is 0 Å². The molecule has 3 aromatic rings. The maximum atomic E-state index is 12.9. The Morgan fingerprint density at radius 3 is 2.14 bits per heavy atom. The van der Waals surface area contributed by atoms with Gasteiger partial charge in [0.15, 0.2) is 23.0 Å². The zero-order valence-corrected chi connectivity index (χ0v) is 19.8. The van der Waals surface area contributed by atoms with Crippen LogP contribution in [0.2, 0.25) is 0 Å². The number of ether oxygens (including phenoxy) is 6. The van der Waals surface area contributed by atoms with E-state index in [2.05, 4.69) is 0 Å². The van der Waals surface area contributed by atoms with Crippen molar-refractivity contribution in [1.82, 2.24) is 0 Å². The molecule has 1 heterocycles. The van der Waals surface area contributed by atoms with Crippen molar-refractivity contribution in [3.05, 3.63) is 78.4 Å². The Bertz CT molecular complexity index is 1190. The Morgan fingerprint density at radius 2 is 1.50 bits per heavy atom. The topological polar surface area (TPSA) is 110 Å². The summed E-state index contributed by atoms with van der Waals surface area (Å²) in [5, 5.41) is 9.53. The summed E-state index contributed by atoms with van der Waals surface area (Å²) in [5.41, 5.74) is 0.202. The predicted molar refractivity (Wildman–Crippen MR) is 127 cm³/mol. The Balaban J connectivity index is 1.59. The summed E-state index contributed by atoms with van der Waals surface area (Å²) in [7, 11) is 3.01. The summed E-state index contributed by atoms with van der Waals surface area (Å²) in [6, 6.07) is 19.5. The molecule has 1 N–H and O–H groups in total. The lowest BCUT2D eigenvalue weighted by Gasteiger charge is -2.27. The highest BCUT2D eigenvalue weighted by Gasteiger charge is 2.46. The molecule has 188 valence electrons. The maximum absolute atomic E-state index is 12.9. The summed E-state index contributed by atoms with van der Waals surface area (Å²) >= 11 is 0. The quantitative estimate of drug-likeness (QED) is 0.332. The van der Waals surface area contributed by atoms with E-state index in [-0.39, 0.29) is 24.5 Å². The first kappa shape index (κ1) is 24.7. The van der Waals surface area contributed by atoms with Crippen LogP contribution in [0.1, 0.15) is 10.4 Å². The lowest BCUT2D eigenvalue weighted by molar-refractivity contribution is -0.142. The first-order chi connectivity index (χ1) is 17.5. The fraction of sp³-hybridized carbons (Fsp3) is 0.259. The third-order valence-electron chi connectivity index (χ3n) is 5.71. The van der Waals surface area contributed by atoms with E-state index < -0.39 is 30.1 Å². The van der Waals surface area contributed by atoms with Gasteiger partial charge in [-0.15, -0.1) is 0 Å². The minimum Gasteiger partial charge on any atom is -0.508 e. The Kier molecular flexibility index (Phi) is 7.79. The van der Waals surface area contributed by atoms with Crippen molar-refractivity contribution in [2.45, 2.75) is 6.29 Å². The van der Waals surface area contributed by atoms with Gasteiger partial charge in [0, 0.05) is 0 Å². The molecule has 9 heteroatoms. The van der Waals surface area contributed by atoms with Crippen LogP contribution in [0.25, 0.3) is 0 Å². The molecule has 1 fully saturated rings. The number of phenols is 1. The minimum absolute atomic E-state index is 0.0108. The number of methoxy groups -OCH3 is 2. The van der Waals surface area contributed by atoms with Crippen molar-refractivity contribution >= 4 is 11.9 Å². The number of benzene rings is 3. The van der Waals surface area contributed by atoms with Crippen LogP contribution < -0.4 is 18.9 Å². The summed E-state index contributed by atoms with van der Waals surface area (Å²) in [4.78, 5) is 25.6. The summed E-state index contributed by atoms with van der Waals surface area (Å²) in [5.74, 6) is -0.926. The van der Waals surface area contributed by atoms with Gasteiger partial charge in [-0.1, -0.05) is 24.3 Å². The number of hydrogen-bond acceptors (Lipinski definition) is 9. The number of carbonyl (C=O) groups is 2. The zero-order chi connectivity index (χ0) is 25.5. The molecule has 0 aromatic heterocycles. The molecule has 0 aliphatic carbocycles. The molecule has 0 radical (unpaired) electrons. The van der Waals surface area contributed by atoms with Gasteiger partial charge >= 0.3 is 11.9 Å². The largest absolute Gasteiger partial charge is 0.508 e. The summed E-state index contributed by atoms with van der Waals surface area (Å²) in [6.45, 7) is -0.0894. The van der Waals surface area contributed by atoms with Crippen LogP contribution in [0.3, 0.4) is 0 Å². The van der Waals surface area contributed by atoms with Crippen LogP contribution in [-0.4, -0.2) is 50.8 Å². The van der Waals surface area contributed by atoms with Crippen LogP contribution in [0.5, 0.6) is 28.7 Å². The average molecular weight is 494 g/mol. The van der Waals surface area contributed by atoms with Gasteiger partial charge in [-0.2, -0.15) is 0 Å². The molecule has 1 saturated heterocycles. The average Bonchev–Trinajstić information content (AvgIpc) is 3.27. The van der Waals surface area contributed by atoms with Crippen LogP contribution in [0.15, 0.2) is 72.8 Å². The fourth-order valence-corrected chi connectivity index (χ4v) is 3.77. The molecule has 36 heavy (non-hydrogen) atoms. The number of cyclic esters (lactones) is 1. The van der Waals surface area contributed by atoms with Crippen LogP contribution in [0.4, 0.5) is 0 Å². The van der Waals surface area contributed by atoms with Crippen molar-refractivity contribution in [3.63, 3.8) is 0 Å². The molecule has 4 rings (SSSR count). The van der Waals surface area contributed by atoms with E-state index in [1.165, 1.54) is 38.5 Å². The molecule has 0 amide bonds. The molecule has 3 atom stereocenters. The van der Waals surface area contributed by atoms with Gasteiger partial charge in [0.25, 0.3) is 6.29 Å². The molecule has 1 aliphatic rings. The molecule has 3 aromatic carbocycles. The van der Waals surface area contributed by atoms with Gasteiger partial charge in [0.05, 0.1) is 25.7 Å². The van der Waals surface area contributed by atoms with E-state index in [4.69, 9.17) is 28.4 Å². The van der Waals surface area contributed by atoms with E-state index in [1.807, 2.05) is 0 Å². The highest BCUT2D eigenvalue weighted by Crippen LogP contribution is 2.35. The summed E-state index contributed by atoms with van der Waals surface area (Å²) < 4.78 is 33.7. The highest BCUT2D eigenvalue weighted by molar-refractivity contribution is 5.89. The molecule has 0 bridgehead atoms. The van der Waals surface area contributed by atoms with Gasteiger partial charge < -0.3 is 33.5 Å². The van der Waals surface area contributed by atoms with E-state index in [9.17, 15) is 14.7 Å². The smallest absolute Gasteiger partial charge is 0.341 e. The number of rotatable bonds is 10. The molecule has 0 spiro atoms. The lowest BCUT2D eigenvalue weighted by atomic mass is 9.95. The van der Waals surface area contributed by atoms with E-state index in [0.29, 0.717) is 23.0 Å². The first-order valence-corrected chi connectivity index (χ1v) is 11.2. The SMILES string of the molecule is COc1ccccc1OC[C@@H]1C(=O)OC[C@H]1[C@H](OC(=O)c1ccc(O)cc1)Oc1ccccc1OC. The Hall–Kier alpha value is -4.40. The van der Waals surface area contributed by atoms with Crippen molar-refractivity contribution in [2.24, 2.45) is 11.8 Å². The number of esters is 2. The van der Waals surface area contributed by atoms with Gasteiger partial charge in [-0.05, 0) is 48.5 Å². The fourth-order valence-electron chi connectivity index (χ4n) is 3.77. The second kappa shape index (κ2) is 11.4. The second-order valence-corrected chi connectivity index (χ2v) is 7.95. The monoisotopic (exact) mass is 494 g/mol. The van der Waals surface area contributed by atoms with Crippen LogP contribution in [0, 0.1) is 11.8 Å². The summed E-state index contributed by atoms with van der Waals surface area (Å²) in [6.07, 6.45) is -1.21. The van der Waals surface area contributed by atoms with Crippen molar-refractivity contribution in [3.8, 4) is 28.7 Å². The minimum atomic E-state index is -1.21. The molecule has 1 aliphatic heterocycles. The van der Waals surface area contributed by atoms with Gasteiger partial charge in [0.1, 0.15) is 24.9 Å². The number of hydrogen-bond donors (Lipinski definition) is 1. The van der Waals surface area contributed by atoms with Crippen molar-refractivity contribution < 1.29 is 43.1 Å². The van der Waals surface area contributed by atoms with E-state index in [0.717, 1.165) is 0 Å². The van der Waals surface area contributed by atoms with Gasteiger partial charge in [-0.25, -0.2) is 4.79 Å². The number of aromatic hydroxyl groups is 1. The predicted octanol–water partition coefficient (Wildman–Crippen LogP) is 3.84. The second-order valence-electron chi connectivity index (χ2n) is 7.95. The maximum Gasteiger partial charge on any atom is 0.341 e.